The highest BCUT2D eigenvalue weighted by atomic mass is 32.2. The highest BCUT2D eigenvalue weighted by Gasteiger charge is 2.21. The van der Waals surface area contributed by atoms with Crippen LogP contribution in [-0.4, -0.2) is 25.0 Å². The Hall–Kier alpha value is -2.23. The van der Waals surface area contributed by atoms with Crippen molar-refractivity contribution in [3.63, 3.8) is 0 Å². The summed E-state index contributed by atoms with van der Waals surface area (Å²) in [5.41, 5.74) is 0.721. The predicted octanol–water partition coefficient (Wildman–Crippen LogP) is 2.52. The summed E-state index contributed by atoms with van der Waals surface area (Å²) in [5.74, 6) is 1.25. The minimum Gasteiger partial charge on any atom is -0.466 e. The summed E-state index contributed by atoms with van der Waals surface area (Å²) in [7, 11) is -3.92. The van der Waals surface area contributed by atoms with E-state index in [0.717, 1.165) is 6.07 Å². The molecular weight excluding hydrogens is 348 g/mol. The molecule has 25 heavy (non-hydrogen) atoms. The second-order valence-electron chi connectivity index (χ2n) is 5.78. The second kappa shape index (κ2) is 7.34. The van der Waals surface area contributed by atoms with E-state index in [4.69, 9.17) is 4.42 Å². The molecule has 1 aromatic heterocycles. The first-order valence-electron chi connectivity index (χ1n) is 7.61. The Morgan fingerprint density at radius 1 is 1.28 bits per heavy atom. The molecule has 1 atom stereocenters. The lowest BCUT2D eigenvalue weighted by Gasteiger charge is -2.12. The number of nitro groups is 1. The van der Waals surface area contributed by atoms with E-state index in [1.54, 1.807) is 26.8 Å². The van der Waals surface area contributed by atoms with Gasteiger partial charge in [0.25, 0.3) is 5.69 Å². The van der Waals surface area contributed by atoms with E-state index in [9.17, 15) is 23.6 Å². The zero-order chi connectivity index (χ0) is 18.8. The fraction of sp³-hybridized carbons (Fsp3) is 0.375. The third-order valence-corrected chi connectivity index (χ3v) is 5.42. The summed E-state index contributed by atoms with van der Waals surface area (Å²) in [6.07, 6.45) is -0.723. The molecule has 0 fully saturated rings. The molecule has 0 saturated carbocycles. The molecule has 1 aromatic carbocycles. The number of non-ortho nitro benzene ring substituents is 1. The van der Waals surface area contributed by atoms with Crippen molar-refractivity contribution in [3.8, 4) is 0 Å². The van der Waals surface area contributed by atoms with E-state index >= 15 is 0 Å². The minimum atomic E-state index is -3.92. The average molecular weight is 368 g/mol. The Kier molecular flexibility index (Phi) is 5.61. The Labute approximate surface area is 145 Å². The van der Waals surface area contributed by atoms with Crippen LogP contribution in [0.5, 0.6) is 0 Å². The molecule has 9 heteroatoms. The van der Waals surface area contributed by atoms with Crippen LogP contribution in [0.25, 0.3) is 0 Å². The van der Waals surface area contributed by atoms with Crippen molar-refractivity contribution in [2.45, 2.75) is 38.2 Å². The molecule has 0 aliphatic carbocycles. The number of nitrogens with zero attached hydrogens (tertiary/aromatic N) is 1. The van der Waals surface area contributed by atoms with Crippen LogP contribution >= 0.6 is 0 Å². The van der Waals surface area contributed by atoms with E-state index in [1.807, 2.05) is 0 Å². The number of nitrogens with one attached hydrogen (secondary N) is 1. The van der Waals surface area contributed by atoms with Gasteiger partial charge in [-0.3, -0.25) is 10.1 Å². The van der Waals surface area contributed by atoms with Gasteiger partial charge in [0.1, 0.15) is 11.5 Å². The number of furan rings is 1. The van der Waals surface area contributed by atoms with Gasteiger partial charge >= 0.3 is 0 Å². The molecule has 0 saturated heterocycles. The standard InChI is InChI=1S/C16H20N2O6S/c1-10-4-5-13(18(20)21)9-16(10)25(22,23)17-7-6-15(19)14-8-11(2)24-12(14)3/h4-5,8-9,15,17,19H,6-7H2,1-3H3. The summed E-state index contributed by atoms with van der Waals surface area (Å²) in [4.78, 5) is 10.0. The summed E-state index contributed by atoms with van der Waals surface area (Å²) < 4.78 is 32.5. The SMILES string of the molecule is Cc1cc(C(O)CCNS(=O)(=O)c2cc([N+](=O)[O-])ccc2C)c(C)o1. The van der Waals surface area contributed by atoms with E-state index in [1.165, 1.54) is 12.1 Å². The van der Waals surface area contributed by atoms with Crippen LogP contribution in [0, 0.1) is 30.9 Å². The zero-order valence-corrected chi connectivity index (χ0v) is 15.0. The van der Waals surface area contributed by atoms with E-state index in [0.29, 0.717) is 22.6 Å². The van der Waals surface area contributed by atoms with Gasteiger partial charge in [0.05, 0.1) is 15.9 Å². The van der Waals surface area contributed by atoms with Crippen molar-refractivity contribution in [3.05, 3.63) is 57.0 Å². The Bertz CT molecular complexity index is 888. The van der Waals surface area contributed by atoms with Gasteiger partial charge in [0.15, 0.2) is 0 Å². The van der Waals surface area contributed by atoms with E-state index < -0.39 is 21.1 Å². The van der Waals surface area contributed by atoms with Gasteiger partial charge in [-0.05, 0) is 38.8 Å². The molecule has 0 radical (unpaired) electrons. The minimum absolute atomic E-state index is 0.0186. The Morgan fingerprint density at radius 3 is 2.52 bits per heavy atom. The van der Waals surface area contributed by atoms with Crippen molar-refractivity contribution in [2.75, 3.05) is 6.54 Å². The maximum absolute atomic E-state index is 12.4. The highest BCUT2D eigenvalue weighted by molar-refractivity contribution is 7.89. The van der Waals surface area contributed by atoms with Crippen LogP contribution in [0.15, 0.2) is 33.6 Å². The van der Waals surface area contributed by atoms with Gasteiger partial charge in [-0.2, -0.15) is 0 Å². The molecule has 0 spiro atoms. The van der Waals surface area contributed by atoms with Crippen molar-refractivity contribution in [2.24, 2.45) is 0 Å². The lowest BCUT2D eigenvalue weighted by Crippen LogP contribution is -2.26. The highest BCUT2D eigenvalue weighted by Crippen LogP contribution is 2.24. The fourth-order valence-electron chi connectivity index (χ4n) is 2.54. The summed E-state index contributed by atoms with van der Waals surface area (Å²) in [6.45, 7) is 5.03. The van der Waals surface area contributed by atoms with Gasteiger partial charge in [-0.15, -0.1) is 0 Å². The fourth-order valence-corrected chi connectivity index (χ4v) is 3.85. The zero-order valence-electron chi connectivity index (χ0n) is 14.1. The second-order valence-corrected chi connectivity index (χ2v) is 7.51. The van der Waals surface area contributed by atoms with Crippen LogP contribution in [0.4, 0.5) is 5.69 Å². The summed E-state index contributed by atoms with van der Waals surface area (Å²) in [6, 6.07) is 5.37. The molecule has 1 heterocycles. The smallest absolute Gasteiger partial charge is 0.270 e. The third kappa shape index (κ3) is 4.44. The van der Waals surface area contributed by atoms with Gasteiger partial charge in [0.2, 0.25) is 10.0 Å². The number of rotatable bonds is 7. The molecule has 2 rings (SSSR count). The maximum Gasteiger partial charge on any atom is 0.270 e. The molecule has 136 valence electrons. The van der Waals surface area contributed by atoms with E-state index in [2.05, 4.69) is 4.72 Å². The lowest BCUT2D eigenvalue weighted by molar-refractivity contribution is -0.385. The van der Waals surface area contributed by atoms with Crippen molar-refractivity contribution in [1.29, 1.82) is 0 Å². The molecule has 0 bridgehead atoms. The first-order chi connectivity index (χ1) is 11.6. The third-order valence-electron chi connectivity index (χ3n) is 3.82. The first-order valence-corrected chi connectivity index (χ1v) is 9.10. The van der Waals surface area contributed by atoms with Gasteiger partial charge in [-0.25, -0.2) is 13.1 Å². The molecule has 0 aliphatic rings. The lowest BCUT2D eigenvalue weighted by atomic mass is 10.1. The average Bonchev–Trinajstić information content (AvgIpc) is 2.85. The van der Waals surface area contributed by atoms with Crippen LogP contribution in [0.2, 0.25) is 0 Å². The number of hydrogen-bond acceptors (Lipinski definition) is 6. The molecule has 0 amide bonds. The number of nitro benzene ring substituents is 1. The van der Waals surface area contributed by atoms with Crippen LogP contribution in [0.1, 0.15) is 35.2 Å². The summed E-state index contributed by atoms with van der Waals surface area (Å²) in [5, 5.41) is 21.0. The molecular formula is C16H20N2O6S. The number of aliphatic hydroxyl groups excluding tert-OH is 1. The molecule has 1 unspecified atom stereocenters. The monoisotopic (exact) mass is 368 g/mol. The normalized spacial score (nSPS) is 13.0. The quantitative estimate of drug-likeness (QED) is 0.572. The van der Waals surface area contributed by atoms with Gasteiger partial charge in [-0.1, -0.05) is 6.07 Å². The number of aliphatic hydroxyl groups is 1. The van der Waals surface area contributed by atoms with Crippen LogP contribution in [0.3, 0.4) is 0 Å². The summed E-state index contributed by atoms with van der Waals surface area (Å²) >= 11 is 0. The molecule has 2 N–H and O–H groups in total. The molecule has 2 aromatic rings. The maximum atomic E-state index is 12.4. The number of benzene rings is 1. The van der Waals surface area contributed by atoms with Crippen molar-refractivity contribution < 1.29 is 22.9 Å². The Balaban J connectivity index is 2.08. The topological polar surface area (TPSA) is 123 Å². The number of sulfonamides is 1. The Morgan fingerprint density at radius 2 is 1.96 bits per heavy atom. The van der Waals surface area contributed by atoms with Crippen LogP contribution in [-0.2, 0) is 10.0 Å². The molecule has 8 nitrogen and oxygen atoms in total. The molecule has 0 aliphatic heterocycles. The number of aryl methyl sites for hydroxylation is 3. The first kappa shape index (κ1) is 19.1. The number of hydrogen-bond donors (Lipinski definition) is 2. The van der Waals surface area contributed by atoms with Crippen molar-refractivity contribution in [1.82, 2.24) is 4.72 Å². The largest absolute Gasteiger partial charge is 0.466 e. The van der Waals surface area contributed by atoms with Crippen molar-refractivity contribution >= 4 is 15.7 Å². The van der Waals surface area contributed by atoms with Gasteiger partial charge in [0, 0.05) is 24.2 Å². The van der Waals surface area contributed by atoms with Crippen LogP contribution < -0.4 is 4.72 Å². The van der Waals surface area contributed by atoms with E-state index in [-0.39, 0.29) is 23.5 Å². The predicted molar refractivity (Wildman–Crippen MR) is 90.8 cm³/mol. The van der Waals surface area contributed by atoms with Gasteiger partial charge < -0.3 is 9.52 Å².